The highest BCUT2D eigenvalue weighted by Crippen LogP contribution is 2.14. The standard InChI is InChI=1S/C16H16F2N2O/c1-2-19-16(21)12-4-3-5-15(8-12)20-10-11-6-13(17)9-14(18)7-11/h3-9,20H,2,10H2,1H3,(H,19,21). The Morgan fingerprint density at radius 2 is 1.81 bits per heavy atom. The van der Waals surface area contributed by atoms with E-state index in [-0.39, 0.29) is 12.5 Å². The van der Waals surface area contributed by atoms with Gasteiger partial charge in [-0.2, -0.15) is 0 Å². The van der Waals surface area contributed by atoms with Crippen LogP contribution in [0.15, 0.2) is 42.5 Å². The Labute approximate surface area is 122 Å². The van der Waals surface area contributed by atoms with Crippen molar-refractivity contribution in [2.45, 2.75) is 13.5 Å². The number of anilines is 1. The van der Waals surface area contributed by atoms with E-state index in [1.54, 1.807) is 24.3 Å². The molecule has 0 radical (unpaired) electrons. The summed E-state index contributed by atoms with van der Waals surface area (Å²) in [7, 11) is 0. The van der Waals surface area contributed by atoms with Crippen molar-refractivity contribution in [1.82, 2.24) is 5.32 Å². The van der Waals surface area contributed by atoms with Gasteiger partial charge in [0.25, 0.3) is 5.91 Å². The van der Waals surface area contributed by atoms with Crippen LogP contribution in [0.1, 0.15) is 22.8 Å². The number of hydrogen-bond donors (Lipinski definition) is 2. The molecule has 2 N–H and O–H groups in total. The normalized spacial score (nSPS) is 10.2. The van der Waals surface area contributed by atoms with Crippen molar-refractivity contribution in [3.63, 3.8) is 0 Å². The van der Waals surface area contributed by atoms with Crippen LogP contribution in [0.2, 0.25) is 0 Å². The second kappa shape index (κ2) is 6.83. The Kier molecular flexibility index (Phi) is 4.87. The van der Waals surface area contributed by atoms with Gasteiger partial charge in [0.05, 0.1) is 0 Å². The van der Waals surface area contributed by atoms with Crippen molar-refractivity contribution in [2.75, 3.05) is 11.9 Å². The molecule has 2 rings (SSSR count). The lowest BCUT2D eigenvalue weighted by Crippen LogP contribution is -2.22. The van der Waals surface area contributed by atoms with Crippen LogP contribution < -0.4 is 10.6 Å². The van der Waals surface area contributed by atoms with Gasteiger partial charge in [0.1, 0.15) is 11.6 Å². The van der Waals surface area contributed by atoms with E-state index in [2.05, 4.69) is 10.6 Å². The summed E-state index contributed by atoms with van der Waals surface area (Å²) in [6, 6.07) is 10.3. The van der Waals surface area contributed by atoms with Gasteiger partial charge in [0.2, 0.25) is 0 Å². The number of halogens is 2. The highest BCUT2D eigenvalue weighted by atomic mass is 19.1. The summed E-state index contributed by atoms with van der Waals surface area (Å²) in [6.45, 7) is 2.67. The first-order chi connectivity index (χ1) is 10.1. The second-order valence-corrected chi connectivity index (χ2v) is 4.57. The van der Waals surface area contributed by atoms with Crippen LogP contribution in [0.25, 0.3) is 0 Å². The van der Waals surface area contributed by atoms with Gasteiger partial charge < -0.3 is 10.6 Å². The van der Waals surface area contributed by atoms with E-state index in [9.17, 15) is 13.6 Å². The first kappa shape index (κ1) is 15.0. The van der Waals surface area contributed by atoms with Crippen LogP contribution in [0.3, 0.4) is 0 Å². The van der Waals surface area contributed by atoms with E-state index in [0.29, 0.717) is 23.4 Å². The molecule has 0 saturated carbocycles. The highest BCUT2D eigenvalue weighted by molar-refractivity contribution is 5.95. The summed E-state index contributed by atoms with van der Waals surface area (Å²) in [5.41, 5.74) is 1.74. The monoisotopic (exact) mass is 290 g/mol. The lowest BCUT2D eigenvalue weighted by Gasteiger charge is -2.09. The van der Waals surface area contributed by atoms with Crippen molar-refractivity contribution in [1.29, 1.82) is 0 Å². The van der Waals surface area contributed by atoms with E-state index in [0.717, 1.165) is 6.07 Å². The smallest absolute Gasteiger partial charge is 0.251 e. The third-order valence-electron chi connectivity index (χ3n) is 2.88. The molecular weight excluding hydrogens is 274 g/mol. The molecular formula is C16H16F2N2O. The van der Waals surface area contributed by atoms with Crippen LogP contribution in [0.4, 0.5) is 14.5 Å². The van der Waals surface area contributed by atoms with Gasteiger partial charge in [0.15, 0.2) is 0 Å². The van der Waals surface area contributed by atoms with Gasteiger partial charge in [-0.3, -0.25) is 4.79 Å². The summed E-state index contributed by atoms with van der Waals surface area (Å²) in [4.78, 5) is 11.7. The van der Waals surface area contributed by atoms with E-state index >= 15 is 0 Å². The lowest BCUT2D eigenvalue weighted by molar-refractivity contribution is 0.0956. The largest absolute Gasteiger partial charge is 0.381 e. The van der Waals surface area contributed by atoms with Crippen LogP contribution in [-0.2, 0) is 6.54 Å². The molecule has 3 nitrogen and oxygen atoms in total. The molecule has 0 bridgehead atoms. The molecule has 0 fully saturated rings. The average molecular weight is 290 g/mol. The van der Waals surface area contributed by atoms with Crippen LogP contribution in [-0.4, -0.2) is 12.5 Å². The van der Waals surface area contributed by atoms with Gasteiger partial charge >= 0.3 is 0 Å². The van der Waals surface area contributed by atoms with Crippen LogP contribution in [0, 0.1) is 11.6 Å². The number of carbonyl (C=O) groups excluding carboxylic acids is 1. The van der Waals surface area contributed by atoms with Crippen molar-refractivity contribution in [2.24, 2.45) is 0 Å². The fourth-order valence-electron chi connectivity index (χ4n) is 1.95. The Hall–Kier alpha value is -2.43. The zero-order chi connectivity index (χ0) is 15.2. The highest BCUT2D eigenvalue weighted by Gasteiger charge is 2.05. The number of benzene rings is 2. The third-order valence-corrected chi connectivity index (χ3v) is 2.88. The molecule has 2 aromatic rings. The van der Waals surface area contributed by atoms with Crippen molar-refractivity contribution < 1.29 is 13.6 Å². The first-order valence-electron chi connectivity index (χ1n) is 6.65. The SMILES string of the molecule is CCNC(=O)c1cccc(NCc2cc(F)cc(F)c2)c1. The molecule has 0 aliphatic rings. The fraction of sp³-hybridized carbons (Fsp3) is 0.188. The molecule has 2 aromatic carbocycles. The van der Waals surface area contributed by atoms with Gasteiger partial charge in [-0.25, -0.2) is 8.78 Å². The summed E-state index contributed by atoms with van der Waals surface area (Å²) in [5.74, 6) is -1.37. The fourth-order valence-corrected chi connectivity index (χ4v) is 1.95. The molecule has 21 heavy (non-hydrogen) atoms. The van der Waals surface area contributed by atoms with Gasteiger partial charge in [-0.1, -0.05) is 6.07 Å². The predicted octanol–water partition coefficient (Wildman–Crippen LogP) is 3.33. The number of hydrogen-bond acceptors (Lipinski definition) is 2. The third kappa shape index (κ3) is 4.27. The molecule has 0 heterocycles. The number of amides is 1. The van der Waals surface area contributed by atoms with Gasteiger partial charge in [-0.05, 0) is 42.8 Å². The summed E-state index contributed by atoms with van der Waals surface area (Å²) in [5, 5.41) is 5.75. The minimum absolute atomic E-state index is 0.155. The van der Waals surface area contributed by atoms with Crippen molar-refractivity contribution >= 4 is 11.6 Å². The Morgan fingerprint density at radius 3 is 2.48 bits per heavy atom. The van der Waals surface area contributed by atoms with Gasteiger partial charge in [-0.15, -0.1) is 0 Å². The number of nitrogens with one attached hydrogen (secondary N) is 2. The summed E-state index contributed by atoms with van der Waals surface area (Å²) < 4.78 is 26.2. The zero-order valence-corrected chi connectivity index (χ0v) is 11.6. The molecule has 0 unspecified atom stereocenters. The molecule has 0 aromatic heterocycles. The van der Waals surface area contributed by atoms with Gasteiger partial charge in [0, 0.05) is 30.4 Å². The number of carbonyl (C=O) groups is 1. The quantitative estimate of drug-likeness (QED) is 0.887. The average Bonchev–Trinajstić information content (AvgIpc) is 2.45. The Bertz CT molecular complexity index is 624. The molecule has 5 heteroatoms. The molecule has 110 valence electrons. The van der Waals surface area contributed by atoms with Crippen LogP contribution in [0.5, 0.6) is 0 Å². The Balaban J connectivity index is 2.06. The maximum absolute atomic E-state index is 13.1. The Morgan fingerprint density at radius 1 is 1.10 bits per heavy atom. The van der Waals surface area contributed by atoms with Crippen LogP contribution >= 0.6 is 0 Å². The lowest BCUT2D eigenvalue weighted by atomic mass is 10.1. The molecule has 0 aliphatic carbocycles. The zero-order valence-electron chi connectivity index (χ0n) is 11.6. The first-order valence-corrected chi connectivity index (χ1v) is 6.65. The van der Waals surface area contributed by atoms with E-state index in [1.807, 2.05) is 6.92 Å². The molecule has 0 spiro atoms. The molecule has 0 aliphatic heterocycles. The molecule has 0 saturated heterocycles. The topological polar surface area (TPSA) is 41.1 Å². The maximum atomic E-state index is 13.1. The number of rotatable bonds is 5. The summed E-state index contributed by atoms with van der Waals surface area (Å²) in [6.07, 6.45) is 0. The van der Waals surface area contributed by atoms with E-state index in [1.165, 1.54) is 12.1 Å². The second-order valence-electron chi connectivity index (χ2n) is 4.57. The van der Waals surface area contributed by atoms with E-state index in [4.69, 9.17) is 0 Å². The van der Waals surface area contributed by atoms with Crippen molar-refractivity contribution in [3.8, 4) is 0 Å². The molecule has 0 atom stereocenters. The maximum Gasteiger partial charge on any atom is 0.251 e. The molecule has 1 amide bonds. The summed E-state index contributed by atoms with van der Waals surface area (Å²) >= 11 is 0. The van der Waals surface area contributed by atoms with Crippen molar-refractivity contribution in [3.05, 3.63) is 65.2 Å². The minimum Gasteiger partial charge on any atom is -0.381 e. The van der Waals surface area contributed by atoms with E-state index < -0.39 is 11.6 Å². The minimum atomic E-state index is -0.608. The predicted molar refractivity (Wildman–Crippen MR) is 78.1 cm³/mol.